The van der Waals surface area contributed by atoms with Crippen LogP contribution in [0.4, 0.5) is 5.95 Å². The van der Waals surface area contributed by atoms with Crippen molar-refractivity contribution >= 4 is 5.95 Å². The third-order valence-electron chi connectivity index (χ3n) is 2.94. The van der Waals surface area contributed by atoms with Crippen LogP contribution >= 0.6 is 0 Å². The Labute approximate surface area is 96.6 Å². The maximum atomic E-state index is 4.54. The molecule has 5 heteroatoms. The number of rotatable bonds is 4. The molecule has 0 saturated carbocycles. The number of anilines is 1. The van der Waals surface area contributed by atoms with Crippen LogP contribution in [0, 0.1) is 0 Å². The first-order valence-electron chi connectivity index (χ1n) is 6.19. The van der Waals surface area contributed by atoms with Gasteiger partial charge >= 0.3 is 0 Å². The minimum absolute atomic E-state index is 0.520. The van der Waals surface area contributed by atoms with Crippen molar-refractivity contribution in [3.63, 3.8) is 0 Å². The fourth-order valence-corrected chi connectivity index (χ4v) is 2.00. The van der Waals surface area contributed by atoms with Crippen molar-refractivity contribution < 1.29 is 0 Å². The molecule has 1 aliphatic heterocycles. The first-order valence-corrected chi connectivity index (χ1v) is 6.19. The zero-order valence-electron chi connectivity index (χ0n) is 10.2. The lowest BCUT2D eigenvalue weighted by Crippen LogP contribution is -2.49. The minimum atomic E-state index is 0.520. The molecule has 1 saturated heterocycles. The van der Waals surface area contributed by atoms with E-state index in [1.807, 2.05) is 0 Å². The summed E-state index contributed by atoms with van der Waals surface area (Å²) in [5, 5.41) is 10.7. The number of aromatic nitrogens is 3. The number of piperazine rings is 1. The molecule has 0 aromatic carbocycles. The number of unbranched alkanes of at least 4 members (excludes halogenated alkanes) is 1. The summed E-state index contributed by atoms with van der Waals surface area (Å²) in [6.45, 7) is 7.38. The molecule has 0 bridgehead atoms. The molecular formula is C11H21N5. The smallest absolute Gasteiger partial charge is 0.244 e. The highest BCUT2D eigenvalue weighted by molar-refractivity contribution is 5.30. The van der Waals surface area contributed by atoms with Crippen LogP contribution in [0.3, 0.4) is 0 Å². The molecule has 0 unspecified atom stereocenters. The monoisotopic (exact) mass is 223 g/mol. The van der Waals surface area contributed by atoms with Gasteiger partial charge in [0.1, 0.15) is 5.82 Å². The summed E-state index contributed by atoms with van der Waals surface area (Å²) in [5.74, 6) is 1.88. The lowest BCUT2D eigenvalue weighted by molar-refractivity contribution is 0.479. The standard InChI is InChI=1S/C11H21N5/c1-3-4-5-10-13-11(15-14-10)16-7-6-12-9(2)8-16/h9,12H,3-8H2,1-2H3,(H,13,14,15)/t9-/m0/s1. The number of hydrogen-bond donors (Lipinski definition) is 2. The molecule has 1 fully saturated rings. The molecule has 1 atom stereocenters. The van der Waals surface area contributed by atoms with Crippen LogP contribution in [0.15, 0.2) is 0 Å². The number of aryl methyl sites for hydroxylation is 1. The van der Waals surface area contributed by atoms with Gasteiger partial charge in [-0.3, -0.25) is 5.10 Å². The fraction of sp³-hybridized carbons (Fsp3) is 0.818. The quantitative estimate of drug-likeness (QED) is 0.798. The Hall–Kier alpha value is -1.10. The van der Waals surface area contributed by atoms with Gasteiger partial charge in [0.25, 0.3) is 0 Å². The second kappa shape index (κ2) is 5.30. The molecule has 1 aromatic rings. The van der Waals surface area contributed by atoms with Crippen molar-refractivity contribution in [2.45, 2.75) is 39.2 Å². The second-order valence-corrected chi connectivity index (χ2v) is 4.49. The summed E-state index contributed by atoms with van der Waals surface area (Å²) in [5.41, 5.74) is 0. The van der Waals surface area contributed by atoms with Crippen LogP contribution in [-0.2, 0) is 6.42 Å². The maximum absolute atomic E-state index is 4.54. The van der Waals surface area contributed by atoms with Crippen LogP contribution in [-0.4, -0.2) is 40.9 Å². The van der Waals surface area contributed by atoms with Gasteiger partial charge in [-0.1, -0.05) is 13.3 Å². The Morgan fingerprint density at radius 2 is 2.38 bits per heavy atom. The SMILES string of the molecule is CCCCc1nc(N2CCN[C@@H](C)C2)n[nH]1. The summed E-state index contributed by atoms with van der Waals surface area (Å²) in [6, 6.07) is 0.520. The molecule has 0 amide bonds. The molecule has 5 nitrogen and oxygen atoms in total. The van der Waals surface area contributed by atoms with Crippen LogP contribution in [0.2, 0.25) is 0 Å². The van der Waals surface area contributed by atoms with E-state index in [0.717, 1.165) is 37.8 Å². The van der Waals surface area contributed by atoms with Gasteiger partial charge in [0.2, 0.25) is 5.95 Å². The van der Waals surface area contributed by atoms with E-state index in [1.165, 1.54) is 12.8 Å². The molecule has 1 aliphatic rings. The highest BCUT2D eigenvalue weighted by Crippen LogP contribution is 2.10. The van der Waals surface area contributed by atoms with E-state index < -0.39 is 0 Å². The summed E-state index contributed by atoms with van der Waals surface area (Å²) in [6.07, 6.45) is 3.37. The third kappa shape index (κ3) is 2.72. The number of aromatic amines is 1. The van der Waals surface area contributed by atoms with Gasteiger partial charge in [-0.05, 0) is 13.3 Å². The number of nitrogens with zero attached hydrogens (tertiary/aromatic N) is 3. The normalized spacial score (nSPS) is 21.4. The van der Waals surface area contributed by atoms with E-state index in [0.29, 0.717) is 6.04 Å². The van der Waals surface area contributed by atoms with Crippen molar-refractivity contribution in [2.24, 2.45) is 0 Å². The summed E-state index contributed by atoms with van der Waals surface area (Å²) < 4.78 is 0. The lowest BCUT2D eigenvalue weighted by Gasteiger charge is -2.30. The molecule has 2 heterocycles. The molecule has 90 valence electrons. The molecule has 1 aromatic heterocycles. The maximum Gasteiger partial charge on any atom is 0.244 e. The zero-order chi connectivity index (χ0) is 11.4. The van der Waals surface area contributed by atoms with Gasteiger partial charge in [0.15, 0.2) is 0 Å². The topological polar surface area (TPSA) is 56.8 Å². The number of nitrogens with one attached hydrogen (secondary N) is 2. The van der Waals surface area contributed by atoms with Crippen molar-refractivity contribution in [3.8, 4) is 0 Å². The average molecular weight is 223 g/mol. The first-order chi connectivity index (χ1) is 7.79. The van der Waals surface area contributed by atoms with Gasteiger partial charge in [-0.15, -0.1) is 5.10 Å². The Kier molecular flexibility index (Phi) is 3.77. The Morgan fingerprint density at radius 3 is 3.12 bits per heavy atom. The minimum Gasteiger partial charge on any atom is -0.337 e. The Balaban J connectivity index is 1.95. The van der Waals surface area contributed by atoms with E-state index in [-0.39, 0.29) is 0 Å². The third-order valence-corrected chi connectivity index (χ3v) is 2.94. The van der Waals surface area contributed by atoms with E-state index in [9.17, 15) is 0 Å². The van der Waals surface area contributed by atoms with Gasteiger partial charge in [-0.2, -0.15) is 4.98 Å². The second-order valence-electron chi connectivity index (χ2n) is 4.49. The van der Waals surface area contributed by atoms with Gasteiger partial charge < -0.3 is 10.2 Å². The van der Waals surface area contributed by atoms with E-state index in [4.69, 9.17) is 0 Å². The molecule has 0 radical (unpaired) electrons. The van der Waals surface area contributed by atoms with Crippen molar-refractivity contribution in [2.75, 3.05) is 24.5 Å². The van der Waals surface area contributed by atoms with Gasteiger partial charge in [0, 0.05) is 32.1 Å². The molecule has 2 rings (SSSR count). The largest absolute Gasteiger partial charge is 0.337 e. The van der Waals surface area contributed by atoms with Crippen LogP contribution in [0.5, 0.6) is 0 Å². The molecule has 0 aliphatic carbocycles. The molecular weight excluding hydrogens is 202 g/mol. The first kappa shape index (κ1) is 11.4. The van der Waals surface area contributed by atoms with E-state index >= 15 is 0 Å². The predicted molar refractivity (Wildman–Crippen MR) is 64.7 cm³/mol. The zero-order valence-corrected chi connectivity index (χ0v) is 10.2. The highest BCUT2D eigenvalue weighted by Gasteiger charge is 2.18. The summed E-state index contributed by atoms with van der Waals surface area (Å²) >= 11 is 0. The van der Waals surface area contributed by atoms with E-state index in [2.05, 4.69) is 39.2 Å². The Morgan fingerprint density at radius 1 is 1.50 bits per heavy atom. The predicted octanol–water partition coefficient (Wildman–Crippen LogP) is 0.945. The van der Waals surface area contributed by atoms with E-state index in [1.54, 1.807) is 0 Å². The van der Waals surface area contributed by atoms with Crippen LogP contribution in [0.1, 0.15) is 32.5 Å². The number of hydrogen-bond acceptors (Lipinski definition) is 4. The summed E-state index contributed by atoms with van der Waals surface area (Å²) in [4.78, 5) is 6.78. The van der Waals surface area contributed by atoms with Crippen molar-refractivity contribution in [1.82, 2.24) is 20.5 Å². The molecule has 2 N–H and O–H groups in total. The lowest BCUT2D eigenvalue weighted by atomic mass is 10.2. The average Bonchev–Trinajstić information content (AvgIpc) is 2.75. The molecule has 16 heavy (non-hydrogen) atoms. The molecule has 0 spiro atoms. The Bertz CT molecular complexity index is 322. The van der Waals surface area contributed by atoms with Crippen LogP contribution in [0.25, 0.3) is 0 Å². The summed E-state index contributed by atoms with van der Waals surface area (Å²) in [7, 11) is 0. The van der Waals surface area contributed by atoms with Crippen LogP contribution < -0.4 is 10.2 Å². The highest BCUT2D eigenvalue weighted by atomic mass is 15.4. The van der Waals surface area contributed by atoms with Gasteiger partial charge in [0.05, 0.1) is 0 Å². The number of H-pyrrole nitrogens is 1. The van der Waals surface area contributed by atoms with Crippen molar-refractivity contribution in [1.29, 1.82) is 0 Å². The van der Waals surface area contributed by atoms with Gasteiger partial charge in [-0.25, -0.2) is 0 Å². The van der Waals surface area contributed by atoms with Crippen molar-refractivity contribution in [3.05, 3.63) is 5.82 Å². The fourth-order valence-electron chi connectivity index (χ4n) is 2.00.